The molecule has 0 atom stereocenters. The summed E-state index contributed by atoms with van der Waals surface area (Å²) in [5, 5.41) is 10.3. The van der Waals surface area contributed by atoms with Crippen LogP contribution in [0.25, 0.3) is 0 Å². The van der Waals surface area contributed by atoms with Gasteiger partial charge in [0.25, 0.3) is 0 Å². The van der Waals surface area contributed by atoms with Crippen molar-refractivity contribution in [3.63, 3.8) is 0 Å². The molecule has 0 bridgehead atoms. The maximum Gasteiger partial charge on any atom is 0.306 e. The third-order valence-corrected chi connectivity index (χ3v) is 2.19. The van der Waals surface area contributed by atoms with Crippen molar-refractivity contribution >= 4 is 27.7 Å². The molecule has 7 heteroatoms. The Morgan fingerprint density at radius 3 is 2.47 bits per heavy atom. The van der Waals surface area contributed by atoms with Gasteiger partial charge in [0.2, 0.25) is 0 Å². The molecule has 1 aromatic rings. The van der Waals surface area contributed by atoms with Crippen LogP contribution in [0.1, 0.15) is 10.4 Å². The van der Waals surface area contributed by atoms with E-state index in [2.05, 4.69) is 4.18 Å². The first kappa shape index (κ1) is 11.8. The van der Waals surface area contributed by atoms with Crippen LogP contribution in [0.2, 0.25) is 5.02 Å². The van der Waals surface area contributed by atoms with E-state index in [1.165, 1.54) is 0 Å². The van der Waals surface area contributed by atoms with E-state index in [1.54, 1.807) is 0 Å². The van der Waals surface area contributed by atoms with Crippen LogP contribution in [-0.4, -0.2) is 20.6 Å². The summed E-state index contributed by atoms with van der Waals surface area (Å²) in [6.07, 6.45) is 0.857. The molecule has 0 N–H and O–H groups in total. The normalized spacial score (nSPS) is 11.1. The second kappa shape index (κ2) is 4.08. The number of hydrogen-bond acceptors (Lipinski definition) is 5. The number of carboxylic acids is 1. The average molecular weight is 250 g/mol. The number of carbonyl (C=O) groups is 1. The maximum absolute atomic E-state index is 10.8. The molecule has 0 heterocycles. The van der Waals surface area contributed by atoms with Gasteiger partial charge in [0, 0.05) is 0 Å². The highest BCUT2D eigenvalue weighted by atomic mass is 35.5. The van der Waals surface area contributed by atoms with E-state index >= 15 is 0 Å². The molecule has 0 radical (unpaired) electrons. The van der Waals surface area contributed by atoms with E-state index in [9.17, 15) is 18.3 Å². The zero-order chi connectivity index (χ0) is 11.6. The molecule has 0 aliphatic carbocycles. The van der Waals surface area contributed by atoms with E-state index in [1.807, 2.05) is 0 Å². The molecule has 1 rings (SSSR count). The van der Waals surface area contributed by atoms with Crippen LogP contribution in [0, 0.1) is 0 Å². The first-order valence-corrected chi connectivity index (χ1v) is 5.89. The summed E-state index contributed by atoms with van der Waals surface area (Å²) >= 11 is 5.60. The third kappa shape index (κ3) is 3.41. The Balaban J connectivity index is 3.09. The van der Waals surface area contributed by atoms with Crippen molar-refractivity contribution in [3.8, 4) is 5.75 Å². The molecule has 15 heavy (non-hydrogen) atoms. The van der Waals surface area contributed by atoms with Gasteiger partial charge < -0.3 is 14.1 Å². The molecule has 0 fully saturated rings. The fourth-order valence-electron chi connectivity index (χ4n) is 0.858. The van der Waals surface area contributed by atoms with Crippen LogP contribution < -0.4 is 9.29 Å². The predicted molar refractivity (Wildman–Crippen MR) is 51.3 cm³/mol. The van der Waals surface area contributed by atoms with Gasteiger partial charge in [-0.05, 0) is 23.8 Å². The largest absolute Gasteiger partial charge is 0.545 e. The smallest absolute Gasteiger partial charge is 0.306 e. The van der Waals surface area contributed by atoms with Crippen LogP contribution in [0.4, 0.5) is 0 Å². The van der Waals surface area contributed by atoms with Gasteiger partial charge in [-0.2, -0.15) is 8.42 Å². The van der Waals surface area contributed by atoms with Crippen molar-refractivity contribution in [1.82, 2.24) is 0 Å². The monoisotopic (exact) mass is 249 g/mol. The topological polar surface area (TPSA) is 83.5 Å². The average Bonchev–Trinajstić information content (AvgIpc) is 2.05. The minimum atomic E-state index is -3.68. The Labute approximate surface area is 91.4 Å². The summed E-state index contributed by atoms with van der Waals surface area (Å²) in [7, 11) is -3.68. The lowest BCUT2D eigenvalue weighted by atomic mass is 10.2. The standard InChI is InChI=1S/C8H7ClO5S/c1-15(12,13)14-7-3-2-5(8(10)11)4-6(7)9/h2-4H,1H3,(H,10,11)/p-1. The Bertz CT molecular complexity index is 494. The number of benzene rings is 1. The van der Waals surface area contributed by atoms with Gasteiger partial charge in [0.1, 0.15) is 0 Å². The lowest BCUT2D eigenvalue weighted by Gasteiger charge is -2.07. The number of aromatic carboxylic acids is 1. The van der Waals surface area contributed by atoms with E-state index in [-0.39, 0.29) is 16.3 Å². The van der Waals surface area contributed by atoms with Crippen molar-refractivity contribution in [1.29, 1.82) is 0 Å². The van der Waals surface area contributed by atoms with Crippen molar-refractivity contribution < 1.29 is 22.5 Å². The number of rotatable bonds is 3. The zero-order valence-electron chi connectivity index (χ0n) is 7.56. The Hall–Kier alpha value is -1.27. The van der Waals surface area contributed by atoms with E-state index < -0.39 is 16.1 Å². The highest BCUT2D eigenvalue weighted by Crippen LogP contribution is 2.26. The molecule has 82 valence electrons. The predicted octanol–water partition coefficient (Wildman–Crippen LogP) is 0.0419. The van der Waals surface area contributed by atoms with Crippen LogP contribution in [0.5, 0.6) is 5.75 Å². The summed E-state index contributed by atoms with van der Waals surface area (Å²) < 4.78 is 26.0. The highest BCUT2D eigenvalue weighted by molar-refractivity contribution is 7.86. The van der Waals surface area contributed by atoms with Crippen molar-refractivity contribution in [2.45, 2.75) is 0 Å². The maximum atomic E-state index is 10.8. The van der Waals surface area contributed by atoms with E-state index in [4.69, 9.17) is 11.6 Å². The van der Waals surface area contributed by atoms with Crippen LogP contribution in [0.3, 0.4) is 0 Å². The summed E-state index contributed by atoms with van der Waals surface area (Å²) in [6.45, 7) is 0. The summed E-state index contributed by atoms with van der Waals surface area (Å²) in [5.41, 5.74) is -0.152. The van der Waals surface area contributed by atoms with Crippen molar-refractivity contribution in [2.75, 3.05) is 6.26 Å². The number of hydrogen-bond donors (Lipinski definition) is 0. The Morgan fingerprint density at radius 1 is 1.47 bits per heavy atom. The number of halogens is 1. The molecule has 0 spiro atoms. The highest BCUT2D eigenvalue weighted by Gasteiger charge is 2.09. The SMILES string of the molecule is CS(=O)(=O)Oc1ccc(C(=O)[O-])cc1Cl. The Kier molecular flexibility index (Phi) is 3.21. The van der Waals surface area contributed by atoms with Crippen LogP contribution in [0.15, 0.2) is 18.2 Å². The van der Waals surface area contributed by atoms with Gasteiger partial charge in [0.15, 0.2) is 5.75 Å². The lowest BCUT2D eigenvalue weighted by Crippen LogP contribution is -2.22. The Morgan fingerprint density at radius 2 is 2.07 bits per heavy atom. The molecular weight excluding hydrogens is 244 g/mol. The molecule has 0 aromatic heterocycles. The van der Waals surface area contributed by atoms with E-state index in [0.717, 1.165) is 24.5 Å². The minimum absolute atomic E-state index is 0.109. The summed E-state index contributed by atoms with van der Waals surface area (Å²) in [5.74, 6) is -1.52. The molecule has 0 saturated heterocycles. The minimum Gasteiger partial charge on any atom is -0.545 e. The van der Waals surface area contributed by atoms with Gasteiger partial charge in [-0.1, -0.05) is 11.6 Å². The molecule has 0 unspecified atom stereocenters. The molecule has 5 nitrogen and oxygen atoms in total. The fraction of sp³-hybridized carbons (Fsp3) is 0.125. The van der Waals surface area contributed by atoms with E-state index in [0.29, 0.717) is 0 Å². The van der Waals surface area contributed by atoms with Gasteiger partial charge >= 0.3 is 10.1 Å². The van der Waals surface area contributed by atoms with Gasteiger partial charge in [0.05, 0.1) is 17.2 Å². The molecule has 0 saturated carbocycles. The molecule has 0 aliphatic rings. The van der Waals surface area contributed by atoms with Crippen molar-refractivity contribution in [3.05, 3.63) is 28.8 Å². The number of carbonyl (C=O) groups excluding carboxylic acids is 1. The second-order valence-electron chi connectivity index (χ2n) is 2.72. The second-order valence-corrected chi connectivity index (χ2v) is 4.70. The van der Waals surface area contributed by atoms with Crippen LogP contribution >= 0.6 is 11.6 Å². The summed E-state index contributed by atoms with van der Waals surface area (Å²) in [4.78, 5) is 10.4. The zero-order valence-corrected chi connectivity index (χ0v) is 9.13. The molecular formula is C8H6ClO5S-. The van der Waals surface area contributed by atoms with Gasteiger partial charge in [-0.15, -0.1) is 0 Å². The molecule has 1 aromatic carbocycles. The number of carboxylic acid groups (broad SMARTS) is 1. The first-order chi connectivity index (χ1) is 6.79. The van der Waals surface area contributed by atoms with Crippen LogP contribution in [-0.2, 0) is 10.1 Å². The van der Waals surface area contributed by atoms with Gasteiger partial charge in [-0.3, -0.25) is 0 Å². The lowest BCUT2D eigenvalue weighted by molar-refractivity contribution is -0.255. The van der Waals surface area contributed by atoms with Gasteiger partial charge in [-0.25, -0.2) is 0 Å². The summed E-state index contributed by atoms with van der Waals surface area (Å²) in [6, 6.07) is 3.34. The van der Waals surface area contributed by atoms with Crippen molar-refractivity contribution in [2.24, 2.45) is 0 Å². The quantitative estimate of drug-likeness (QED) is 0.707. The fourth-order valence-corrected chi connectivity index (χ4v) is 1.59. The first-order valence-electron chi connectivity index (χ1n) is 3.70. The molecule has 0 amide bonds. The molecule has 0 aliphatic heterocycles. The third-order valence-electron chi connectivity index (χ3n) is 1.41.